The Morgan fingerprint density at radius 3 is 2.56 bits per heavy atom. The fraction of sp³-hybridized carbons (Fsp3) is 0.355. The fourth-order valence-electron chi connectivity index (χ4n) is 4.78. The third kappa shape index (κ3) is 7.43. The van der Waals surface area contributed by atoms with Gasteiger partial charge in [0.05, 0.1) is 20.3 Å². The first-order chi connectivity index (χ1) is 21.0. The van der Waals surface area contributed by atoms with Crippen molar-refractivity contribution in [2.24, 2.45) is 10.1 Å². The maximum atomic E-state index is 14.3. The Bertz CT molecular complexity index is 1450. The lowest BCUT2D eigenvalue weighted by Gasteiger charge is -2.31. The first kappa shape index (κ1) is 31.3. The summed E-state index contributed by atoms with van der Waals surface area (Å²) < 4.78 is 28.3. The molecule has 12 heteroatoms. The molecule has 1 aliphatic heterocycles. The maximum absolute atomic E-state index is 14.3. The number of benzene rings is 3. The Morgan fingerprint density at radius 2 is 1.86 bits per heavy atom. The van der Waals surface area contributed by atoms with Crippen LogP contribution in [0.15, 0.2) is 82.9 Å². The van der Waals surface area contributed by atoms with Crippen LogP contribution in [0.25, 0.3) is 10.4 Å². The number of rotatable bonds is 15. The Labute approximate surface area is 249 Å². The summed E-state index contributed by atoms with van der Waals surface area (Å²) >= 11 is 0. The molecule has 0 saturated heterocycles. The quantitative estimate of drug-likeness (QED) is 0.0860. The van der Waals surface area contributed by atoms with E-state index in [4.69, 9.17) is 33.8 Å². The van der Waals surface area contributed by atoms with E-state index in [2.05, 4.69) is 15.3 Å². The average Bonchev–Trinajstić information content (AvgIpc) is 3.43. The molecule has 1 amide bonds. The van der Waals surface area contributed by atoms with Crippen molar-refractivity contribution < 1.29 is 33.6 Å². The Morgan fingerprint density at radius 1 is 1.09 bits per heavy atom. The Balaban J connectivity index is 1.83. The number of amides is 1. The van der Waals surface area contributed by atoms with E-state index < -0.39 is 23.8 Å². The molecule has 3 aromatic rings. The number of azide groups is 1. The van der Waals surface area contributed by atoms with Gasteiger partial charge in [0, 0.05) is 49.8 Å². The third-order valence-corrected chi connectivity index (χ3v) is 6.99. The SMILES string of the molecule is COc1cccc([C@H]2OC(c3ccc(OCCCO)cc3)=N[C@@]2(Cc2ccccc2N=[N+]=[N-])C(=O)NCC(OC)OC)c1. The number of nitrogens with one attached hydrogen (secondary N) is 1. The highest BCUT2D eigenvalue weighted by atomic mass is 16.7. The summed E-state index contributed by atoms with van der Waals surface area (Å²) in [6.45, 7) is 0.473. The molecular weight excluding hydrogens is 554 g/mol. The van der Waals surface area contributed by atoms with E-state index in [-0.39, 0.29) is 25.5 Å². The minimum atomic E-state index is -1.54. The lowest BCUT2D eigenvalue weighted by molar-refractivity contribution is -0.134. The summed E-state index contributed by atoms with van der Waals surface area (Å²) in [6.07, 6.45) is -1.01. The van der Waals surface area contributed by atoms with Gasteiger partial charge in [-0.3, -0.25) is 4.79 Å². The molecule has 0 aromatic heterocycles. The maximum Gasteiger partial charge on any atom is 0.252 e. The summed E-state index contributed by atoms with van der Waals surface area (Å²) in [4.78, 5) is 22.3. The predicted molar refractivity (Wildman–Crippen MR) is 159 cm³/mol. The van der Waals surface area contributed by atoms with Crippen LogP contribution in [0.3, 0.4) is 0 Å². The van der Waals surface area contributed by atoms with Gasteiger partial charge in [-0.1, -0.05) is 41.5 Å². The number of aliphatic hydroxyl groups is 1. The van der Waals surface area contributed by atoms with Crippen molar-refractivity contribution >= 4 is 17.5 Å². The van der Waals surface area contributed by atoms with Crippen molar-refractivity contribution in [1.82, 2.24) is 5.32 Å². The van der Waals surface area contributed by atoms with Crippen LogP contribution in [0.5, 0.6) is 11.5 Å². The van der Waals surface area contributed by atoms with Crippen LogP contribution >= 0.6 is 0 Å². The number of hydrogen-bond acceptors (Lipinski definition) is 9. The van der Waals surface area contributed by atoms with E-state index in [1.807, 2.05) is 12.1 Å². The Kier molecular flexibility index (Phi) is 11.0. The molecule has 4 rings (SSSR count). The van der Waals surface area contributed by atoms with E-state index in [0.29, 0.717) is 46.9 Å². The minimum absolute atomic E-state index is 0.0385. The van der Waals surface area contributed by atoms with Gasteiger partial charge in [-0.15, -0.1) is 0 Å². The van der Waals surface area contributed by atoms with Gasteiger partial charge in [0.2, 0.25) is 5.90 Å². The van der Waals surface area contributed by atoms with Gasteiger partial charge in [0.25, 0.3) is 5.91 Å². The van der Waals surface area contributed by atoms with Crippen LogP contribution in [0.2, 0.25) is 0 Å². The molecule has 0 spiro atoms. The van der Waals surface area contributed by atoms with E-state index >= 15 is 0 Å². The highest BCUT2D eigenvalue weighted by molar-refractivity contribution is 6.01. The lowest BCUT2D eigenvalue weighted by atomic mass is 9.81. The van der Waals surface area contributed by atoms with E-state index in [9.17, 15) is 10.3 Å². The van der Waals surface area contributed by atoms with Gasteiger partial charge in [0.1, 0.15) is 11.5 Å². The number of ether oxygens (including phenoxy) is 5. The molecule has 0 radical (unpaired) electrons. The number of aliphatic imine (C=N–C) groups is 1. The van der Waals surface area contributed by atoms with E-state index in [0.717, 1.165) is 0 Å². The molecule has 0 unspecified atom stereocenters. The lowest BCUT2D eigenvalue weighted by Crippen LogP contribution is -2.51. The normalized spacial score (nSPS) is 17.5. The third-order valence-electron chi connectivity index (χ3n) is 6.99. The highest BCUT2D eigenvalue weighted by Crippen LogP contribution is 2.44. The number of carbonyl (C=O) groups excluding carboxylic acids is 1. The molecule has 0 aliphatic carbocycles. The van der Waals surface area contributed by atoms with Crippen molar-refractivity contribution in [3.8, 4) is 11.5 Å². The van der Waals surface area contributed by atoms with E-state index in [1.165, 1.54) is 14.2 Å². The molecule has 0 bridgehead atoms. The van der Waals surface area contributed by atoms with Crippen molar-refractivity contribution in [3.63, 3.8) is 0 Å². The summed E-state index contributed by atoms with van der Waals surface area (Å²) in [5, 5.41) is 15.8. The van der Waals surface area contributed by atoms with Crippen molar-refractivity contribution in [2.75, 3.05) is 41.1 Å². The summed E-state index contributed by atoms with van der Waals surface area (Å²) in [5.74, 6) is 1.02. The molecule has 226 valence electrons. The van der Waals surface area contributed by atoms with Gasteiger partial charge in [0.15, 0.2) is 17.9 Å². The van der Waals surface area contributed by atoms with Crippen molar-refractivity contribution in [1.29, 1.82) is 0 Å². The van der Waals surface area contributed by atoms with Gasteiger partial charge in [-0.05, 0) is 53.1 Å². The topological polar surface area (TPSA) is 157 Å². The van der Waals surface area contributed by atoms with Gasteiger partial charge < -0.3 is 34.1 Å². The number of methoxy groups -OCH3 is 3. The van der Waals surface area contributed by atoms with Gasteiger partial charge in [-0.25, -0.2) is 4.99 Å². The molecule has 12 nitrogen and oxygen atoms in total. The summed E-state index contributed by atoms with van der Waals surface area (Å²) in [5.41, 5.74) is 9.95. The molecule has 2 N–H and O–H groups in total. The second kappa shape index (κ2) is 15.0. The minimum Gasteiger partial charge on any atom is -0.497 e. The largest absolute Gasteiger partial charge is 0.497 e. The summed E-state index contributed by atoms with van der Waals surface area (Å²) in [7, 11) is 4.53. The van der Waals surface area contributed by atoms with Crippen LogP contribution in [0, 0.1) is 0 Å². The van der Waals surface area contributed by atoms with Crippen LogP contribution in [0.4, 0.5) is 5.69 Å². The zero-order chi connectivity index (χ0) is 30.7. The zero-order valence-electron chi connectivity index (χ0n) is 24.3. The van der Waals surface area contributed by atoms with E-state index in [1.54, 1.807) is 67.8 Å². The molecule has 3 aromatic carbocycles. The second-order valence-corrected chi connectivity index (χ2v) is 9.67. The van der Waals surface area contributed by atoms with Crippen molar-refractivity contribution in [2.45, 2.75) is 30.8 Å². The summed E-state index contributed by atoms with van der Waals surface area (Å²) in [6, 6.07) is 21.4. The average molecular weight is 590 g/mol. The molecule has 2 atom stereocenters. The molecule has 1 heterocycles. The first-order valence-corrected chi connectivity index (χ1v) is 13.7. The highest BCUT2D eigenvalue weighted by Gasteiger charge is 2.53. The van der Waals surface area contributed by atoms with Crippen molar-refractivity contribution in [3.05, 3.63) is 99.9 Å². The van der Waals surface area contributed by atoms with Gasteiger partial charge >= 0.3 is 0 Å². The number of hydrogen-bond donors (Lipinski definition) is 2. The standard InChI is InChI=1S/C31H35N5O7/c1-39-25-10-6-9-22(18-25)28-31(30(38)33-20-27(40-2)41-3,19-23-8-4-5-11-26(23)35-36-32)34-29(43-28)21-12-14-24(15-13-21)42-17-7-16-37/h4-6,8-15,18,27-28,37H,7,16-17,19-20H2,1-3H3,(H,33,38)/t28-,31-/m1/s1. The van der Waals surface area contributed by atoms with Crippen LogP contribution in [0.1, 0.15) is 29.2 Å². The molecule has 0 saturated carbocycles. The van der Waals surface area contributed by atoms with Crippen LogP contribution < -0.4 is 14.8 Å². The molecule has 0 fully saturated rings. The Hall–Kier alpha value is -4.61. The number of carbonyl (C=O) groups is 1. The molecule has 43 heavy (non-hydrogen) atoms. The van der Waals surface area contributed by atoms with Gasteiger partial charge in [-0.2, -0.15) is 0 Å². The smallest absolute Gasteiger partial charge is 0.252 e. The van der Waals surface area contributed by atoms with Crippen LogP contribution in [-0.4, -0.2) is 69.8 Å². The molecule has 1 aliphatic rings. The number of aliphatic hydroxyl groups excluding tert-OH is 1. The predicted octanol–water partition coefficient (Wildman–Crippen LogP) is 4.63. The first-order valence-electron chi connectivity index (χ1n) is 13.7. The second-order valence-electron chi connectivity index (χ2n) is 9.67. The number of nitrogens with zero attached hydrogens (tertiary/aromatic N) is 4. The monoisotopic (exact) mass is 589 g/mol. The zero-order valence-corrected chi connectivity index (χ0v) is 24.3. The fourth-order valence-corrected chi connectivity index (χ4v) is 4.78. The van der Waals surface area contributed by atoms with Crippen LogP contribution in [-0.2, 0) is 25.4 Å². The molecular formula is C31H35N5O7.